The number of benzene rings is 1. The van der Waals surface area contributed by atoms with Gasteiger partial charge in [-0.2, -0.15) is 0 Å². The molecule has 0 aliphatic carbocycles. The molecule has 4 nitrogen and oxygen atoms in total. The van der Waals surface area contributed by atoms with Gasteiger partial charge in [0.25, 0.3) is 11.8 Å². The SMILES string of the molecule is O=C1COCCN1C(=O)c1ccccc1Cl. The minimum Gasteiger partial charge on any atom is -0.370 e. The third-order valence-corrected chi connectivity index (χ3v) is 2.66. The van der Waals surface area contributed by atoms with Crippen LogP contribution in [0.25, 0.3) is 0 Å². The van der Waals surface area contributed by atoms with E-state index in [-0.39, 0.29) is 25.0 Å². The standard InChI is InChI=1S/C11H10ClNO3/c12-9-4-2-1-3-8(9)11(15)13-5-6-16-7-10(13)14/h1-4H,5-7H2. The normalized spacial score (nSPS) is 16.3. The average Bonchev–Trinajstić information content (AvgIpc) is 2.29. The Labute approximate surface area is 97.7 Å². The molecule has 1 aliphatic heterocycles. The number of imide groups is 1. The van der Waals surface area contributed by atoms with Gasteiger partial charge in [-0.15, -0.1) is 0 Å². The third kappa shape index (κ3) is 2.08. The maximum Gasteiger partial charge on any atom is 0.262 e. The summed E-state index contributed by atoms with van der Waals surface area (Å²) >= 11 is 5.90. The lowest BCUT2D eigenvalue weighted by Crippen LogP contribution is -2.45. The topological polar surface area (TPSA) is 46.6 Å². The minimum absolute atomic E-state index is 0.0454. The first kappa shape index (κ1) is 11.1. The molecule has 0 radical (unpaired) electrons. The molecule has 2 rings (SSSR count). The number of ether oxygens (including phenoxy) is 1. The number of nitrogens with zero attached hydrogens (tertiary/aromatic N) is 1. The Bertz CT molecular complexity index is 433. The molecule has 2 amide bonds. The summed E-state index contributed by atoms with van der Waals surface area (Å²) in [6.07, 6.45) is 0. The van der Waals surface area contributed by atoms with Crippen LogP contribution in [0.1, 0.15) is 10.4 Å². The van der Waals surface area contributed by atoms with Crippen LogP contribution in [0.2, 0.25) is 5.02 Å². The van der Waals surface area contributed by atoms with E-state index in [1.54, 1.807) is 24.3 Å². The molecule has 1 heterocycles. The fourth-order valence-electron chi connectivity index (χ4n) is 1.51. The molecule has 0 N–H and O–H groups in total. The predicted molar refractivity (Wildman–Crippen MR) is 58.3 cm³/mol. The molecule has 0 aromatic heterocycles. The van der Waals surface area contributed by atoms with Gasteiger partial charge in [0.05, 0.1) is 23.7 Å². The van der Waals surface area contributed by atoms with E-state index in [2.05, 4.69) is 0 Å². The molecule has 16 heavy (non-hydrogen) atoms. The van der Waals surface area contributed by atoms with Crippen LogP contribution in [0.4, 0.5) is 0 Å². The second-order valence-electron chi connectivity index (χ2n) is 3.38. The number of hydrogen-bond donors (Lipinski definition) is 0. The van der Waals surface area contributed by atoms with Gasteiger partial charge in [-0.1, -0.05) is 23.7 Å². The van der Waals surface area contributed by atoms with Crippen molar-refractivity contribution in [1.29, 1.82) is 0 Å². The monoisotopic (exact) mass is 239 g/mol. The van der Waals surface area contributed by atoms with Crippen molar-refractivity contribution >= 4 is 23.4 Å². The van der Waals surface area contributed by atoms with E-state index >= 15 is 0 Å². The van der Waals surface area contributed by atoms with E-state index in [0.29, 0.717) is 17.2 Å². The highest BCUT2D eigenvalue weighted by molar-refractivity contribution is 6.34. The zero-order valence-electron chi connectivity index (χ0n) is 8.48. The maximum absolute atomic E-state index is 12.0. The van der Waals surface area contributed by atoms with Crippen molar-refractivity contribution in [3.8, 4) is 0 Å². The highest BCUT2D eigenvalue weighted by Crippen LogP contribution is 2.17. The van der Waals surface area contributed by atoms with Gasteiger partial charge in [0, 0.05) is 0 Å². The summed E-state index contributed by atoms with van der Waals surface area (Å²) in [6.45, 7) is 0.612. The van der Waals surface area contributed by atoms with Crippen molar-refractivity contribution in [3.05, 3.63) is 34.9 Å². The lowest BCUT2D eigenvalue weighted by atomic mass is 10.2. The number of carbonyl (C=O) groups excluding carboxylic acids is 2. The molecular weight excluding hydrogens is 230 g/mol. The van der Waals surface area contributed by atoms with Crippen LogP contribution in [-0.4, -0.2) is 36.5 Å². The van der Waals surface area contributed by atoms with E-state index in [1.165, 1.54) is 4.90 Å². The molecule has 1 aliphatic rings. The summed E-state index contributed by atoms with van der Waals surface area (Å²) in [4.78, 5) is 24.6. The van der Waals surface area contributed by atoms with Crippen molar-refractivity contribution < 1.29 is 14.3 Å². The number of rotatable bonds is 1. The molecule has 1 aromatic rings. The van der Waals surface area contributed by atoms with Gasteiger partial charge in [-0.05, 0) is 12.1 Å². The molecule has 1 fully saturated rings. The van der Waals surface area contributed by atoms with E-state index in [1.807, 2.05) is 0 Å². The first-order valence-electron chi connectivity index (χ1n) is 4.87. The second kappa shape index (κ2) is 4.63. The zero-order chi connectivity index (χ0) is 11.5. The fourth-order valence-corrected chi connectivity index (χ4v) is 1.73. The summed E-state index contributed by atoms with van der Waals surface area (Å²) < 4.78 is 4.95. The van der Waals surface area contributed by atoms with Gasteiger partial charge in [-0.3, -0.25) is 14.5 Å². The Morgan fingerprint density at radius 2 is 2.12 bits per heavy atom. The third-order valence-electron chi connectivity index (χ3n) is 2.34. The highest BCUT2D eigenvalue weighted by Gasteiger charge is 2.26. The van der Waals surface area contributed by atoms with Crippen LogP contribution in [-0.2, 0) is 9.53 Å². The summed E-state index contributed by atoms with van der Waals surface area (Å²) in [5.41, 5.74) is 0.347. The van der Waals surface area contributed by atoms with E-state index in [4.69, 9.17) is 16.3 Å². The molecule has 0 atom stereocenters. The molecule has 84 valence electrons. The average molecular weight is 240 g/mol. The Morgan fingerprint density at radius 1 is 1.38 bits per heavy atom. The quantitative estimate of drug-likeness (QED) is 0.695. The summed E-state index contributed by atoms with van der Waals surface area (Å²) in [6, 6.07) is 6.68. The van der Waals surface area contributed by atoms with Crippen LogP contribution >= 0.6 is 11.6 Å². The maximum atomic E-state index is 12.0. The van der Waals surface area contributed by atoms with Gasteiger partial charge in [0.2, 0.25) is 0 Å². The van der Waals surface area contributed by atoms with Crippen molar-refractivity contribution in [2.45, 2.75) is 0 Å². The van der Waals surface area contributed by atoms with Crippen LogP contribution in [0.15, 0.2) is 24.3 Å². The van der Waals surface area contributed by atoms with Crippen LogP contribution in [0.5, 0.6) is 0 Å². The van der Waals surface area contributed by atoms with E-state index in [9.17, 15) is 9.59 Å². The van der Waals surface area contributed by atoms with Gasteiger partial charge in [-0.25, -0.2) is 0 Å². The van der Waals surface area contributed by atoms with Crippen molar-refractivity contribution in [2.75, 3.05) is 19.8 Å². The van der Waals surface area contributed by atoms with Crippen LogP contribution in [0, 0.1) is 0 Å². The predicted octanol–water partition coefficient (Wildman–Crippen LogP) is 1.34. The van der Waals surface area contributed by atoms with Crippen LogP contribution < -0.4 is 0 Å². The largest absolute Gasteiger partial charge is 0.370 e. The van der Waals surface area contributed by atoms with Gasteiger partial charge in [0.15, 0.2) is 0 Å². The minimum atomic E-state index is -0.362. The smallest absolute Gasteiger partial charge is 0.262 e. The number of morpholine rings is 1. The number of halogens is 1. The van der Waals surface area contributed by atoms with E-state index < -0.39 is 0 Å². The zero-order valence-corrected chi connectivity index (χ0v) is 9.24. The van der Waals surface area contributed by atoms with Crippen LogP contribution in [0.3, 0.4) is 0 Å². The molecular formula is C11H10ClNO3. The van der Waals surface area contributed by atoms with Crippen molar-refractivity contribution in [2.24, 2.45) is 0 Å². The number of carbonyl (C=O) groups is 2. The molecule has 0 spiro atoms. The van der Waals surface area contributed by atoms with Crippen molar-refractivity contribution in [1.82, 2.24) is 4.90 Å². The molecule has 1 aromatic carbocycles. The molecule has 0 unspecified atom stereocenters. The van der Waals surface area contributed by atoms with Gasteiger partial charge in [0.1, 0.15) is 6.61 Å². The molecule has 0 bridgehead atoms. The Kier molecular flexibility index (Phi) is 3.22. The van der Waals surface area contributed by atoms with Gasteiger partial charge >= 0.3 is 0 Å². The van der Waals surface area contributed by atoms with E-state index in [0.717, 1.165) is 0 Å². The number of amides is 2. The van der Waals surface area contributed by atoms with Gasteiger partial charge < -0.3 is 4.74 Å². The fraction of sp³-hybridized carbons (Fsp3) is 0.273. The first-order chi connectivity index (χ1) is 7.70. The summed E-state index contributed by atoms with van der Waals surface area (Å²) in [5.74, 6) is -0.685. The summed E-state index contributed by atoms with van der Waals surface area (Å²) in [5, 5.41) is 0.354. The van der Waals surface area contributed by atoms with Crippen molar-refractivity contribution in [3.63, 3.8) is 0 Å². The first-order valence-corrected chi connectivity index (χ1v) is 5.25. The molecule has 1 saturated heterocycles. The Balaban J connectivity index is 2.25. The lowest BCUT2D eigenvalue weighted by molar-refractivity contribution is -0.139. The molecule has 5 heteroatoms. The Morgan fingerprint density at radius 3 is 2.81 bits per heavy atom. The lowest BCUT2D eigenvalue weighted by Gasteiger charge is -2.25. The highest BCUT2D eigenvalue weighted by atomic mass is 35.5. The second-order valence-corrected chi connectivity index (χ2v) is 3.79. The molecule has 0 saturated carbocycles. The summed E-state index contributed by atoms with van der Waals surface area (Å²) in [7, 11) is 0. The number of hydrogen-bond acceptors (Lipinski definition) is 3. The Hall–Kier alpha value is -1.39.